The summed E-state index contributed by atoms with van der Waals surface area (Å²) < 4.78 is 0. The van der Waals surface area contributed by atoms with Crippen molar-refractivity contribution in [3.63, 3.8) is 0 Å². The molecule has 0 aliphatic heterocycles. The molecule has 0 spiro atoms. The van der Waals surface area contributed by atoms with Crippen molar-refractivity contribution in [1.82, 2.24) is 5.43 Å². The van der Waals surface area contributed by atoms with Crippen molar-refractivity contribution in [1.29, 1.82) is 0 Å². The van der Waals surface area contributed by atoms with E-state index in [9.17, 15) is 0 Å². The van der Waals surface area contributed by atoms with E-state index < -0.39 is 0 Å². The molecule has 3 nitrogen and oxygen atoms in total. The van der Waals surface area contributed by atoms with Gasteiger partial charge in [-0.15, -0.1) is 0 Å². The molecule has 0 saturated heterocycles. The van der Waals surface area contributed by atoms with Crippen LogP contribution in [0, 0.1) is 0 Å². The third-order valence-electron chi connectivity index (χ3n) is 3.03. The van der Waals surface area contributed by atoms with Crippen LogP contribution in [0.3, 0.4) is 0 Å². The quantitative estimate of drug-likeness (QED) is 0.367. The molecule has 0 radical (unpaired) electrons. The van der Waals surface area contributed by atoms with Gasteiger partial charge in [0.05, 0.1) is 6.04 Å². The number of hydrogen-bond acceptors (Lipinski definition) is 3. The maximum Gasteiger partial charge on any atom is 0.115 e. The summed E-state index contributed by atoms with van der Waals surface area (Å²) in [4.78, 5) is 4.71. The first-order valence-corrected chi connectivity index (χ1v) is 6.87. The largest absolute Gasteiger partial charge is 0.312 e. The molecule has 1 heterocycles. The Bertz CT molecular complexity index is 326. The van der Waals surface area contributed by atoms with Gasteiger partial charge in [0.25, 0.3) is 0 Å². The lowest BCUT2D eigenvalue weighted by Gasteiger charge is -2.19. The Hall–Kier alpha value is -0.870. The molecule has 16 heavy (non-hydrogen) atoms. The molecule has 0 amide bonds. The fraction of sp³-hybridized carbons (Fsp3) is 0.583. The van der Waals surface area contributed by atoms with E-state index in [4.69, 9.17) is 10.8 Å². The molecular weight excluding hydrogens is 218 g/mol. The van der Waals surface area contributed by atoms with Crippen LogP contribution in [0.1, 0.15) is 37.7 Å². The summed E-state index contributed by atoms with van der Waals surface area (Å²) in [6.07, 6.45) is 7.25. The van der Waals surface area contributed by atoms with E-state index in [-0.39, 0.29) is 0 Å². The normalized spacial score (nSPS) is 18.7. The lowest BCUT2D eigenvalue weighted by Crippen LogP contribution is -2.33. The van der Waals surface area contributed by atoms with Crippen LogP contribution >= 0.6 is 11.3 Å². The first kappa shape index (κ1) is 11.6. The number of nitrogens with one attached hydrogen (secondary N) is 1. The Morgan fingerprint density at radius 1 is 1.44 bits per heavy atom. The summed E-state index contributed by atoms with van der Waals surface area (Å²) in [5.41, 5.74) is 4.03. The molecule has 2 rings (SSSR count). The van der Waals surface area contributed by atoms with Crippen LogP contribution in [-0.2, 0) is 6.42 Å². The van der Waals surface area contributed by atoms with Gasteiger partial charge in [-0.25, -0.2) is 5.84 Å². The van der Waals surface area contributed by atoms with E-state index in [1.54, 1.807) is 11.3 Å². The molecule has 0 unspecified atom stereocenters. The fourth-order valence-corrected chi connectivity index (χ4v) is 2.82. The van der Waals surface area contributed by atoms with E-state index in [2.05, 4.69) is 22.3 Å². The third kappa shape index (κ3) is 3.32. The number of rotatable bonds is 3. The highest BCUT2D eigenvalue weighted by molar-refractivity contribution is 7.07. The smallest absolute Gasteiger partial charge is 0.115 e. The van der Waals surface area contributed by atoms with Crippen molar-refractivity contribution in [3.05, 3.63) is 22.4 Å². The highest BCUT2D eigenvalue weighted by atomic mass is 32.1. The van der Waals surface area contributed by atoms with Crippen molar-refractivity contribution in [2.75, 3.05) is 0 Å². The van der Waals surface area contributed by atoms with Crippen LogP contribution in [-0.4, -0.2) is 11.9 Å². The Balaban J connectivity index is 1.95. The summed E-state index contributed by atoms with van der Waals surface area (Å²) in [6, 6.07) is 2.61. The molecule has 0 bridgehead atoms. The topological polar surface area (TPSA) is 50.4 Å². The van der Waals surface area contributed by atoms with Gasteiger partial charge < -0.3 is 5.43 Å². The van der Waals surface area contributed by atoms with Gasteiger partial charge >= 0.3 is 0 Å². The minimum absolute atomic E-state index is 0.485. The zero-order valence-corrected chi connectivity index (χ0v) is 10.3. The second-order valence-corrected chi connectivity index (χ2v) is 5.10. The van der Waals surface area contributed by atoms with Crippen LogP contribution in [0.15, 0.2) is 21.8 Å². The van der Waals surface area contributed by atoms with E-state index in [1.165, 1.54) is 37.7 Å². The summed E-state index contributed by atoms with van der Waals surface area (Å²) >= 11 is 1.71. The SMILES string of the molecule is NNC(Cc1ccsc1)=NC1CCCCC1. The van der Waals surface area contributed by atoms with Crippen molar-refractivity contribution in [3.8, 4) is 0 Å². The van der Waals surface area contributed by atoms with Crippen molar-refractivity contribution in [2.24, 2.45) is 10.8 Å². The van der Waals surface area contributed by atoms with Gasteiger partial charge in [0.1, 0.15) is 5.84 Å². The van der Waals surface area contributed by atoms with E-state index >= 15 is 0 Å². The second kappa shape index (κ2) is 6.01. The summed E-state index contributed by atoms with van der Waals surface area (Å²) in [5, 5.41) is 4.23. The predicted octanol–water partition coefficient (Wildman–Crippen LogP) is 2.49. The maximum atomic E-state index is 5.53. The average Bonchev–Trinajstić information content (AvgIpc) is 2.82. The van der Waals surface area contributed by atoms with Gasteiger partial charge in [-0.2, -0.15) is 11.3 Å². The minimum Gasteiger partial charge on any atom is -0.312 e. The van der Waals surface area contributed by atoms with Gasteiger partial charge in [0, 0.05) is 6.42 Å². The predicted molar refractivity (Wildman–Crippen MR) is 69.7 cm³/mol. The summed E-state index contributed by atoms with van der Waals surface area (Å²) in [6.45, 7) is 0. The van der Waals surface area contributed by atoms with Gasteiger partial charge in [-0.05, 0) is 35.2 Å². The highest BCUT2D eigenvalue weighted by Crippen LogP contribution is 2.20. The molecule has 1 aromatic rings. The van der Waals surface area contributed by atoms with E-state index in [0.717, 1.165) is 12.3 Å². The maximum absolute atomic E-state index is 5.53. The number of aliphatic imine (C=N–C) groups is 1. The number of nitrogens with two attached hydrogens (primary N) is 1. The van der Waals surface area contributed by atoms with Crippen LogP contribution in [0.25, 0.3) is 0 Å². The Kier molecular flexibility index (Phi) is 4.36. The zero-order chi connectivity index (χ0) is 11.2. The molecule has 4 heteroatoms. The van der Waals surface area contributed by atoms with Gasteiger partial charge in [0.15, 0.2) is 0 Å². The molecule has 88 valence electrons. The molecular formula is C12H19N3S. The van der Waals surface area contributed by atoms with Crippen molar-refractivity contribution < 1.29 is 0 Å². The van der Waals surface area contributed by atoms with E-state index in [1.807, 2.05) is 0 Å². The second-order valence-electron chi connectivity index (χ2n) is 4.32. The molecule has 1 aromatic heterocycles. The zero-order valence-electron chi connectivity index (χ0n) is 9.48. The molecule has 0 aromatic carbocycles. The standard InChI is InChI=1S/C12H19N3S/c13-15-12(8-10-6-7-16-9-10)14-11-4-2-1-3-5-11/h6-7,9,11H,1-5,8,13H2,(H,14,15). The Labute approximate surface area is 101 Å². The lowest BCUT2D eigenvalue weighted by molar-refractivity contribution is 0.442. The number of thiophene rings is 1. The van der Waals surface area contributed by atoms with Gasteiger partial charge in [-0.3, -0.25) is 4.99 Å². The summed E-state index contributed by atoms with van der Waals surface area (Å²) in [7, 11) is 0. The molecule has 1 saturated carbocycles. The monoisotopic (exact) mass is 237 g/mol. The fourth-order valence-electron chi connectivity index (χ4n) is 2.15. The molecule has 0 atom stereocenters. The molecule has 1 aliphatic carbocycles. The molecule has 3 N–H and O–H groups in total. The van der Waals surface area contributed by atoms with Crippen LogP contribution < -0.4 is 11.3 Å². The average molecular weight is 237 g/mol. The first-order chi connectivity index (χ1) is 7.88. The van der Waals surface area contributed by atoms with Gasteiger partial charge in [-0.1, -0.05) is 19.3 Å². The highest BCUT2D eigenvalue weighted by Gasteiger charge is 2.13. The molecule has 1 aliphatic rings. The molecule has 1 fully saturated rings. The lowest BCUT2D eigenvalue weighted by atomic mass is 9.96. The van der Waals surface area contributed by atoms with Crippen LogP contribution in [0.2, 0.25) is 0 Å². The third-order valence-corrected chi connectivity index (χ3v) is 3.76. The van der Waals surface area contributed by atoms with E-state index in [0.29, 0.717) is 6.04 Å². The van der Waals surface area contributed by atoms with Gasteiger partial charge in [0.2, 0.25) is 0 Å². The van der Waals surface area contributed by atoms with Crippen LogP contribution in [0.5, 0.6) is 0 Å². The van der Waals surface area contributed by atoms with Crippen molar-refractivity contribution in [2.45, 2.75) is 44.6 Å². The minimum atomic E-state index is 0.485. The number of hydrazine groups is 1. The first-order valence-electron chi connectivity index (χ1n) is 5.93. The van der Waals surface area contributed by atoms with Crippen LogP contribution in [0.4, 0.5) is 0 Å². The number of nitrogens with zero attached hydrogens (tertiary/aromatic N) is 1. The number of hydrogen-bond donors (Lipinski definition) is 2. The Morgan fingerprint density at radius 3 is 2.88 bits per heavy atom. The van der Waals surface area contributed by atoms with Crippen molar-refractivity contribution >= 4 is 17.2 Å². The summed E-state index contributed by atoms with van der Waals surface area (Å²) in [5.74, 6) is 6.45. The Morgan fingerprint density at radius 2 is 2.25 bits per heavy atom. The number of amidine groups is 1.